The number of anilines is 1. The SMILES string of the molecule is C/C=C(\C=NCc1cc[nH]c1)C(=O)Nc1ccc(C(C)(C)C)cc1. The molecule has 4 nitrogen and oxygen atoms in total. The van der Waals surface area contributed by atoms with Crippen LogP contribution in [0.1, 0.15) is 38.8 Å². The van der Waals surface area contributed by atoms with Gasteiger partial charge in [-0.1, -0.05) is 39.0 Å². The van der Waals surface area contributed by atoms with E-state index in [1.165, 1.54) is 5.56 Å². The Labute approximate surface area is 143 Å². The molecule has 1 amide bonds. The van der Waals surface area contributed by atoms with Crippen molar-refractivity contribution in [1.82, 2.24) is 4.98 Å². The number of nitrogens with one attached hydrogen (secondary N) is 2. The fourth-order valence-electron chi connectivity index (χ4n) is 2.23. The van der Waals surface area contributed by atoms with Crippen molar-refractivity contribution < 1.29 is 4.79 Å². The number of benzene rings is 1. The predicted octanol–water partition coefficient (Wildman–Crippen LogP) is 4.47. The number of H-pyrrole nitrogens is 1. The van der Waals surface area contributed by atoms with Crippen LogP contribution in [-0.4, -0.2) is 17.1 Å². The smallest absolute Gasteiger partial charge is 0.256 e. The molecule has 2 aromatic rings. The normalized spacial score (nSPS) is 12.6. The molecule has 0 aliphatic heterocycles. The summed E-state index contributed by atoms with van der Waals surface area (Å²) in [6.45, 7) is 8.88. The number of aromatic nitrogens is 1. The first-order valence-electron chi connectivity index (χ1n) is 8.10. The number of carbonyl (C=O) groups excluding carboxylic acids is 1. The van der Waals surface area contributed by atoms with Gasteiger partial charge in [0.05, 0.1) is 12.1 Å². The van der Waals surface area contributed by atoms with Gasteiger partial charge in [0.2, 0.25) is 0 Å². The van der Waals surface area contributed by atoms with Crippen LogP contribution in [0.15, 0.2) is 59.4 Å². The number of nitrogens with zero attached hydrogens (tertiary/aromatic N) is 1. The van der Waals surface area contributed by atoms with Gasteiger partial charge in [0.15, 0.2) is 0 Å². The van der Waals surface area contributed by atoms with Gasteiger partial charge in [0.1, 0.15) is 0 Å². The lowest BCUT2D eigenvalue weighted by Gasteiger charge is -2.19. The largest absolute Gasteiger partial charge is 0.367 e. The first kappa shape index (κ1) is 17.7. The van der Waals surface area contributed by atoms with E-state index in [0.717, 1.165) is 11.3 Å². The summed E-state index contributed by atoms with van der Waals surface area (Å²) in [5.41, 5.74) is 3.75. The Balaban J connectivity index is 1.98. The highest BCUT2D eigenvalue weighted by atomic mass is 16.1. The number of amides is 1. The minimum Gasteiger partial charge on any atom is -0.367 e. The Kier molecular flexibility index (Phi) is 5.74. The molecule has 4 heteroatoms. The van der Waals surface area contributed by atoms with Crippen molar-refractivity contribution >= 4 is 17.8 Å². The molecule has 0 radical (unpaired) electrons. The third kappa shape index (κ3) is 4.95. The van der Waals surface area contributed by atoms with Crippen LogP contribution in [0, 0.1) is 0 Å². The van der Waals surface area contributed by atoms with E-state index in [2.05, 4.69) is 36.1 Å². The Hall–Kier alpha value is -2.62. The van der Waals surface area contributed by atoms with Crippen LogP contribution in [0.5, 0.6) is 0 Å². The molecule has 2 N–H and O–H groups in total. The third-order valence-electron chi connectivity index (χ3n) is 3.75. The number of hydrogen-bond donors (Lipinski definition) is 2. The molecule has 0 saturated heterocycles. The molecule has 126 valence electrons. The lowest BCUT2D eigenvalue weighted by atomic mass is 9.87. The highest BCUT2D eigenvalue weighted by molar-refractivity contribution is 6.17. The second-order valence-corrected chi connectivity index (χ2v) is 6.71. The molecule has 24 heavy (non-hydrogen) atoms. The van der Waals surface area contributed by atoms with Crippen LogP contribution >= 0.6 is 0 Å². The molecule has 0 aliphatic rings. The molecule has 0 bridgehead atoms. The number of allylic oxidation sites excluding steroid dienone is 1. The summed E-state index contributed by atoms with van der Waals surface area (Å²) in [6, 6.07) is 9.92. The van der Waals surface area contributed by atoms with Gasteiger partial charge in [-0.2, -0.15) is 0 Å². The second-order valence-electron chi connectivity index (χ2n) is 6.71. The van der Waals surface area contributed by atoms with Gasteiger partial charge in [0.25, 0.3) is 5.91 Å². The number of aromatic amines is 1. The Bertz CT molecular complexity index is 717. The maximum Gasteiger partial charge on any atom is 0.256 e. The minimum atomic E-state index is -0.154. The summed E-state index contributed by atoms with van der Waals surface area (Å²) in [5, 5.41) is 2.91. The van der Waals surface area contributed by atoms with E-state index < -0.39 is 0 Å². The molecule has 0 spiro atoms. The Morgan fingerprint density at radius 3 is 2.46 bits per heavy atom. The average molecular weight is 323 g/mol. The maximum atomic E-state index is 12.3. The first-order valence-corrected chi connectivity index (χ1v) is 8.10. The number of aliphatic imine (C=N–C) groups is 1. The van der Waals surface area contributed by atoms with Crippen molar-refractivity contribution in [3.05, 3.63) is 65.5 Å². The molecule has 0 saturated carbocycles. The molecule has 1 heterocycles. The minimum absolute atomic E-state index is 0.0991. The van der Waals surface area contributed by atoms with Gasteiger partial charge in [-0.15, -0.1) is 0 Å². The topological polar surface area (TPSA) is 57.2 Å². The molecule has 2 rings (SSSR count). The van der Waals surface area contributed by atoms with Crippen LogP contribution in [0.3, 0.4) is 0 Å². The molecular formula is C20H25N3O. The van der Waals surface area contributed by atoms with Crippen molar-refractivity contribution in [2.45, 2.75) is 39.7 Å². The van der Waals surface area contributed by atoms with Gasteiger partial charge < -0.3 is 10.3 Å². The summed E-state index contributed by atoms with van der Waals surface area (Å²) in [7, 11) is 0. The molecule has 0 aliphatic carbocycles. The van der Waals surface area contributed by atoms with Crippen LogP contribution in [0.2, 0.25) is 0 Å². The molecule has 0 fully saturated rings. The number of hydrogen-bond acceptors (Lipinski definition) is 2. The number of carbonyl (C=O) groups is 1. The standard InChI is InChI=1S/C20H25N3O/c1-5-16(14-22-13-15-10-11-21-12-15)19(24)23-18-8-6-17(7-9-18)20(2,3)4/h5-12,14,21H,13H2,1-4H3,(H,23,24)/b16-5+,22-14?. The lowest BCUT2D eigenvalue weighted by Crippen LogP contribution is -2.16. The molecule has 0 atom stereocenters. The predicted molar refractivity (Wildman–Crippen MR) is 101 cm³/mol. The zero-order valence-corrected chi connectivity index (χ0v) is 14.8. The van der Waals surface area contributed by atoms with E-state index >= 15 is 0 Å². The zero-order valence-electron chi connectivity index (χ0n) is 14.8. The third-order valence-corrected chi connectivity index (χ3v) is 3.75. The van der Waals surface area contributed by atoms with Gasteiger partial charge in [-0.05, 0) is 41.7 Å². The van der Waals surface area contributed by atoms with Crippen molar-refractivity contribution in [3.8, 4) is 0 Å². The highest BCUT2D eigenvalue weighted by Crippen LogP contribution is 2.23. The monoisotopic (exact) mass is 323 g/mol. The van der Waals surface area contributed by atoms with E-state index in [1.54, 1.807) is 12.3 Å². The molecular weight excluding hydrogens is 298 g/mol. The summed E-state index contributed by atoms with van der Waals surface area (Å²) < 4.78 is 0. The summed E-state index contributed by atoms with van der Waals surface area (Å²) in [5.74, 6) is -0.154. The van der Waals surface area contributed by atoms with E-state index in [9.17, 15) is 4.79 Å². The van der Waals surface area contributed by atoms with Crippen molar-refractivity contribution in [2.75, 3.05) is 5.32 Å². The second kappa shape index (κ2) is 7.77. The molecule has 1 aromatic carbocycles. The van der Waals surface area contributed by atoms with Crippen molar-refractivity contribution in [2.24, 2.45) is 4.99 Å². The lowest BCUT2D eigenvalue weighted by molar-refractivity contribution is -0.112. The zero-order chi connectivity index (χ0) is 17.6. The Morgan fingerprint density at radius 2 is 1.92 bits per heavy atom. The van der Waals surface area contributed by atoms with E-state index in [1.807, 2.05) is 49.6 Å². The van der Waals surface area contributed by atoms with Crippen molar-refractivity contribution in [3.63, 3.8) is 0 Å². The number of rotatable bonds is 5. The highest BCUT2D eigenvalue weighted by Gasteiger charge is 2.13. The van der Waals surface area contributed by atoms with Gasteiger partial charge in [0, 0.05) is 24.3 Å². The maximum absolute atomic E-state index is 12.3. The summed E-state index contributed by atoms with van der Waals surface area (Å²) in [6.07, 6.45) is 7.13. The average Bonchev–Trinajstić information content (AvgIpc) is 3.04. The molecule has 0 unspecified atom stereocenters. The quantitative estimate of drug-likeness (QED) is 0.619. The summed E-state index contributed by atoms with van der Waals surface area (Å²) in [4.78, 5) is 19.6. The fraction of sp³-hybridized carbons (Fsp3) is 0.300. The van der Waals surface area contributed by atoms with E-state index in [0.29, 0.717) is 12.1 Å². The van der Waals surface area contributed by atoms with Crippen molar-refractivity contribution in [1.29, 1.82) is 0 Å². The fourth-order valence-corrected chi connectivity index (χ4v) is 2.23. The van der Waals surface area contributed by atoms with Gasteiger partial charge >= 0.3 is 0 Å². The van der Waals surface area contributed by atoms with Crippen LogP contribution in [-0.2, 0) is 16.8 Å². The van der Waals surface area contributed by atoms with Crippen LogP contribution in [0.4, 0.5) is 5.69 Å². The van der Waals surface area contributed by atoms with E-state index in [-0.39, 0.29) is 11.3 Å². The van der Waals surface area contributed by atoms with Crippen LogP contribution < -0.4 is 5.32 Å². The molecule has 1 aromatic heterocycles. The van der Waals surface area contributed by atoms with Gasteiger partial charge in [-0.25, -0.2) is 0 Å². The Morgan fingerprint density at radius 1 is 1.21 bits per heavy atom. The van der Waals surface area contributed by atoms with Crippen LogP contribution in [0.25, 0.3) is 0 Å². The first-order chi connectivity index (χ1) is 11.4. The summed E-state index contributed by atoms with van der Waals surface area (Å²) >= 11 is 0. The van der Waals surface area contributed by atoms with E-state index in [4.69, 9.17) is 0 Å². The van der Waals surface area contributed by atoms with Gasteiger partial charge in [-0.3, -0.25) is 9.79 Å².